The summed E-state index contributed by atoms with van der Waals surface area (Å²) in [7, 11) is 0. The van der Waals surface area contributed by atoms with Crippen LogP contribution in [0.1, 0.15) is 18.4 Å². The number of para-hydroxylation sites is 3. The summed E-state index contributed by atoms with van der Waals surface area (Å²) in [6.07, 6.45) is -5.88. The molecule has 3 aliphatic heterocycles. The van der Waals surface area contributed by atoms with Gasteiger partial charge in [0.25, 0.3) is 5.91 Å². The number of hydrogen-bond acceptors (Lipinski definition) is 5. The van der Waals surface area contributed by atoms with Gasteiger partial charge >= 0.3 is 12.2 Å². The summed E-state index contributed by atoms with van der Waals surface area (Å²) >= 11 is 0. The molecule has 0 saturated carbocycles. The molecule has 0 bridgehead atoms. The Kier molecular flexibility index (Phi) is 5.18. The van der Waals surface area contributed by atoms with Gasteiger partial charge in [-0.15, -0.1) is 0 Å². The van der Waals surface area contributed by atoms with Crippen molar-refractivity contribution < 1.29 is 37.1 Å². The fraction of sp³-hybridized carbons (Fsp3) is 0.304. The average Bonchev–Trinajstić information content (AvgIpc) is 2.94. The molecule has 0 unspecified atom stereocenters. The van der Waals surface area contributed by atoms with Crippen LogP contribution in [-0.4, -0.2) is 54.0 Å². The topological polar surface area (TPSA) is 108 Å². The number of anilines is 2. The Morgan fingerprint density at radius 3 is 2.57 bits per heavy atom. The van der Waals surface area contributed by atoms with E-state index in [0.29, 0.717) is 21.1 Å². The molecule has 5 amide bonds. The summed E-state index contributed by atoms with van der Waals surface area (Å²) in [5.74, 6) is -2.43. The van der Waals surface area contributed by atoms with Gasteiger partial charge in [-0.2, -0.15) is 13.2 Å². The third kappa shape index (κ3) is 3.65. The largest absolute Gasteiger partial charge is 0.493 e. The molecule has 1 saturated heterocycles. The lowest BCUT2D eigenvalue weighted by atomic mass is 9.84. The average molecular weight is 488 g/mol. The first-order valence-corrected chi connectivity index (χ1v) is 10.8. The normalized spacial score (nSPS) is 23.7. The summed E-state index contributed by atoms with van der Waals surface area (Å²) in [5.41, 5.74) is -1.24. The standard InChI is InChI=1S/C23H19F3N4O5/c24-23(25,26)17-11-18(31)27-14-6-2-3-7-15(14)30(17)19(32)12-29-20(33)22(28-21(29)34)9-10-35-16-8-4-1-5-13(16)22/h1-8,17H,9-12H2,(H,27,31)(H,28,34)/t17-,22-/m0/s1. The molecule has 182 valence electrons. The molecular weight excluding hydrogens is 469 g/mol. The Labute approximate surface area is 196 Å². The summed E-state index contributed by atoms with van der Waals surface area (Å²) in [6.45, 7) is -0.821. The van der Waals surface area contributed by atoms with Crippen LogP contribution < -0.4 is 20.3 Å². The molecule has 0 aliphatic carbocycles. The van der Waals surface area contributed by atoms with Crippen LogP contribution in [0.25, 0.3) is 0 Å². The molecule has 2 N–H and O–H groups in total. The van der Waals surface area contributed by atoms with Gasteiger partial charge in [-0.1, -0.05) is 30.3 Å². The minimum Gasteiger partial charge on any atom is -0.493 e. The van der Waals surface area contributed by atoms with Gasteiger partial charge in [-0.05, 0) is 18.2 Å². The maximum atomic E-state index is 14.0. The van der Waals surface area contributed by atoms with E-state index in [1.165, 1.54) is 24.3 Å². The molecule has 35 heavy (non-hydrogen) atoms. The monoisotopic (exact) mass is 488 g/mol. The van der Waals surface area contributed by atoms with E-state index in [-0.39, 0.29) is 24.4 Å². The van der Waals surface area contributed by atoms with Crippen molar-refractivity contribution in [3.8, 4) is 5.75 Å². The lowest BCUT2D eigenvalue weighted by Crippen LogP contribution is -2.53. The first-order valence-electron chi connectivity index (χ1n) is 10.8. The third-order valence-electron chi connectivity index (χ3n) is 6.33. The number of fused-ring (bicyclic) bond motifs is 3. The van der Waals surface area contributed by atoms with Crippen LogP contribution in [0, 0.1) is 0 Å². The number of urea groups is 1. The van der Waals surface area contributed by atoms with Crippen molar-refractivity contribution in [2.24, 2.45) is 0 Å². The minimum atomic E-state index is -4.94. The van der Waals surface area contributed by atoms with Crippen LogP contribution in [0.4, 0.5) is 29.3 Å². The fourth-order valence-electron chi connectivity index (χ4n) is 4.72. The maximum Gasteiger partial charge on any atom is 0.409 e. The molecule has 3 heterocycles. The highest BCUT2D eigenvalue weighted by Crippen LogP contribution is 2.42. The van der Waals surface area contributed by atoms with Crippen LogP contribution in [0.5, 0.6) is 5.75 Å². The number of benzene rings is 2. The van der Waals surface area contributed by atoms with E-state index in [4.69, 9.17) is 4.74 Å². The van der Waals surface area contributed by atoms with Gasteiger partial charge in [-0.3, -0.25) is 24.2 Å². The molecule has 0 radical (unpaired) electrons. The lowest BCUT2D eigenvalue weighted by molar-refractivity contribution is -0.158. The number of nitrogens with zero attached hydrogens (tertiary/aromatic N) is 2. The van der Waals surface area contributed by atoms with E-state index < -0.39 is 54.5 Å². The van der Waals surface area contributed by atoms with Gasteiger partial charge in [0.05, 0.1) is 24.4 Å². The van der Waals surface area contributed by atoms with E-state index in [2.05, 4.69) is 10.6 Å². The Morgan fingerprint density at radius 2 is 1.80 bits per heavy atom. The highest BCUT2D eigenvalue weighted by atomic mass is 19.4. The Bertz CT molecular complexity index is 1250. The smallest absolute Gasteiger partial charge is 0.409 e. The number of rotatable bonds is 2. The molecule has 1 fully saturated rings. The first-order chi connectivity index (χ1) is 16.6. The van der Waals surface area contributed by atoms with Crippen molar-refractivity contribution >= 4 is 35.1 Å². The van der Waals surface area contributed by atoms with Crippen molar-refractivity contribution in [1.82, 2.24) is 10.2 Å². The third-order valence-corrected chi connectivity index (χ3v) is 6.33. The molecular formula is C23H19F3N4O5. The second kappa shape index (κ2) is 8.00. The Hall–Kier alpha value is -4.09. The summed E-state index contributed by atoms with van der Waals surface area (Å²) in [6, 6.07) is 8.78. The zero-order chi connectivity index (χ0) is 25.0. The van der Waals surface area contributed by atoms with E-state index >= 15 is 0 Å². The van der Waals surface area contributed by atoms with Crippen LogP contribution in [-0.2, 0) is 19.9 Å². The molecule has 5 rings (SSSR count). The molecule has 3 aliphatic rings. The van der Waals surface area contributed by atoms with Gasteiger partial charge < -0.3 is 15.4 Å². The molecule has 0 aromatic heterocycles. The van der Waals surface area contributed by atoms with Crippen molar-refractivity contribution in [3.05, 3.63) is 54.1 Å². The van der Waals surface area contributed by atoms with E-state index in [0.717, 1.165) is 0 Å². The maximum absolute atomic E-state index is 14.0. The van der Waals surface area contributed by atoms with Crippen molar-refractivity contribution in [2.75, 3.05) is 23.4 Å². The van der Waals surface area contributed by atoms with E-state index in [9.17, 15) is 32.3 Å². The summed E-state index contributed by atoms with van der Waals surface area (Å²) in [4.78, 5) is 52.8. The number of carbonyl (C=O) groups is 4. The van der Waals surface area contributed by atoms with Gasteiger partial charge in [0.1, 0.15) is 18.3 Å². The lowest BCUT2D eigenvalue weighted by Gasteiger charge is -2.34. The van der Waals surface area contributed by atoms with Crippen LogP contribution in [0.2, 0.25) is 0 Å². The number of amides is 5. The zero-order valence-corrected chi connectivity index (χ0v) is 18.1. The van der Waals surface area contributed by atoms with Gasteiger partial charge in [0.15, 0.2) is 5.54 Å². The zero-order valence-electron chi connectivity index (χ0n) is 18.1. The van der Waals surface area contributed by atoms with Crippen molar-refractivity contribution in [2.45, 2.75) is 30.6 Å². The highest BCUT2D eigenvalue weighted by Gasteiger charge is 2.56. The minimum absolute atomic E-state index is 0.0182. The van der Waals surface area contributed by atoms with E-state index in [1.807, 2.05) is 0 Å². The molecule has 12 heteroatoms. The van der Waals surface area contributed by atoms with Gasteiger partial charge in [0, 0.05) is 12.0 Å². The SMILES string of the molecule is O=C1C[C@@H](C(F)(F)F)N(C(=O)CN2C(=O)N[C@]3(CCOc4ccccc43)C2=O)c2ccccc2N1. The number of alkyl halides is 3. The second-order valence-electron chi connectivity index (χ2n) is 8.41. The summed E-state index contributed by atoms with van der Waals surface area (Å²) in [5, 5.41) is 4.98. The molecule has 2 aromatic carbocycles. The number of imide groups is 1. The Balaban J connectivity index is 1.50. The number of nitrogens with one attached hydrogen (secondary N) is 2. The Morgan fingerprint density at radius 1 is 1.09 bits per heavy atom. The van der Waals surface area contributed by atoms with Gasteiger partial charge in [0.2, 0.25) is 11.8 Å². The molecule has 9 nitrogen and oxygen atoms in total. The van der Waals surface area contributed by atoms with E-state index in [1.54, 1.807) is 24.3 Å². The first kappa shape index (κ1) is 22.7. The highest BCUT2D eigenvalue weighted by molar-refractivity contribution is 6.12. The second-order valence-corrected chi connectivity index (χ2v) is 8.41. The van der Waals surface area contributed by atoms with Crippen molar-refractivity contribution in [3.63, 3.8) is 0 Å². The molecule has 2 aromatic rings. The fourth-order valence-corrected chi connectivity index (χ4v) is 4.72. The quantitative estimate of drug-likeness (QED) is 0.632. The van der Waals surface area contributed by atoms with Crippen molar-refractivity contribution in [1.29, 1.82) is 0 Å². The number of ether oxygens (including phenoxy) is 1. The number of halogens is 3. The van der Waals surface area contributed by atoms with Crippen LogP contribution in [0.3, 0.4) is 0 Å². The molecule has 2 atom stereocenters. The number of hydrogen-bond donors (Lipinski definition) is 2. The summed E-state index contributed by atoms with van der Waals surface area (Å²) < 4.78 is 47.5. The predicted octanol–water partition coefficient (Wildman–Crippen LogP) is 2.52. The van der Waals surface area contributed by atoms with Gasteiger partial charge in [-0.25, -0.2) is 4.79 Å². The van der Waals surface area contributed by atoms with Crippen LogP contribution >= 0.6 is 0 Å². The number of carbonyl (C=O) groups excluding carboxylic acids is 4. The van der Waals surface area contributed by atoms with Crippen LogP contribution in [0.15, 0.2) is 48.5 Å². The predicted molar refractivity (Wildman–Crippen MR) is 115 cm³/mol. The molecule has 1 spiro atoms.